The highest BCUT2D eigenvalue weighted by atomic mass is 32.2. The lowest BCUT2D eigenvalue weighted by Gasteiger charge is -1.95. The molecule has 0 aromatic carbocycles. The van der Waals surface area contributed by atoms with E-state index in [2.05, 4.69) is 10.1 Å². The highest BCUT2D eigenvalue weighted by Gasteiger charge is 2.15. The van der Waals surface area contributed by atoms with Crippen LogP contribution in [0.25, 0.3) is 11.4 Å². The molecule has 1 atom stereocenters. The van der Waals surface area contributed by atoms with Crippen molar-refractivity contribution in [3.8, 4) is 11.4 Å². The lowest BCUT2D eigenvalue weighted by Crippen LogP contribution is -1.97. The fourth-order valence-electron chi connectivity index (χ4n) is 1.62. The molecule has 0 bridgehead atoms. The van der Waals surface area contributed by atoms with Gasteiger partial charge in [-0.15, -0.1) is 0 Å². The molecule has 0 aliphatic heterocycles. The molecule has 0 radical (unpaired) electrons. The Labute approximate surface area is 115 Å². The van der Waals surface area contributed by atoms with Crippen LogP contribution in [0.1, 0.15) is 11.7 Å². The first-order chi connectivity index (χ1) is 9.24. The second-order valence-electron chi connectivity index (χ2n) is 3.85. The second-order valence-corrected chi connectivity index (χ2v) is 6.05. The third-order valence-corrected chi connectivity index (χ3v) is 4.67. The average Bonchev–Trinajstić information content (AvgIpc) is 3.07. The average molecular weight is 294 g/mol. The van der Waals surface area contributed by atoms with Gasteiger partial charge in [-0.1, -0.05) is 5.16 Å². The molecule has 0 saturated heterocycles. The standard InChI is InChI=1S/C12H10N2O3S2/c1-8-10(2-4-16-8)19(15)7-11-13-12(14-17-11)9-3-5-18-6-9/h2-6H,7H2,1H3/t19-/m1/s1. The lowest BCUT2D eigenvalue weighted by atomic mass is 10.3. The van der Waals surface area contributed by atoms with Gasteiger partial charge in [0.05, 0.1) is 22.0 Å². The van der Waals surface area contributed by atoms with E-state index in [1.807, 2.05) is 16.8 Å². The van der Waals surface area contributed by atoms with Crippen molar-refractivity contribution in [2.75, 3.05) is 0 Å². The first-order valence-electron chi connectivity index (χ1n) is 5.51. The molecule has 3 heterocycles. The quantitative estimate of drug-likeness (QED) is 0.740. The van der Waals surface area contributed by atoms with Gasteiger partial charge in [0.2, 0.25) is 11.7 Å². The smallest absolute Gasteiger partial charge is 0.239 e. The van der Waals surface area contributed by atoms with E-state index in [-0.39, 0.29) is 5.75 Å². The van der Waals surface area contributed by atoms with Crippen molar-refractivity contribution in [2.45, 2.75) is 17.6 Å². The summed E-state index contributed by atoms with van der Waals surface area (Å²) in [7, 11) is -1.24. The molecule has 3 aromatic rings. The molecule has 0 aliphatic carbocycles. The monoisotopic (exact) mass is 294 g/mol. The Morgan fingerprint density at radius 2 is 2.32 bits per heavy atom. The van der Waals surface area contributed by atoms with Crippen molar-refractivity contribution in [2.24, 2.45) is 0 Å². The van der Waals surface area contributed by atoms with Gasteiger partial charge in [0, 0.05) is 10.9 Å². The molecule has 0 N–H and O–H groups in total. The summed E-state index contributed by atoms with van der Waals surface area (Å²) in [6, 6.07) is 3.61. The second kappa shape index (κ2) is 5.10. The highest BCUT2D eigenvalue weighted by molar-refractivity contribution is 7.84. The van der Waals surface area contributed by atoms with E-state index in [1.54, 1.807) is 24.3 Å². The van der Waals surface area contributed by atoms with Gasteiger partial charge >= 0.3 is 0 Å². The summed E-state index contributed by atoms with van der Waals surface area (Å²) in [5.41, 5.74) is 0.908. The SMILES string of the molecule is Cc1occc1[S@](=O)Cc1nc(-c2ccsc2)no1. The number of furan rings is 1. The van der Waals surface area contributed by atoms with E-state index in [4.69, 9.17) is 8.94 Å². The van der Waals surface area contributed by atoms with Gasteiger partial charge in [0.1, 0.15) is 11.5 Å². The molecule has 19 heavy (non-hydrogen) atoms. The molecule has 0 aliphatic rings. The minimum absolute atomic E-state index is 0.192. The maximum absolute atomic E-state index is 12.1. The molecule has 0 fully saturated rings. The maximum atomic E-state index is 12.1. The van der Waals surface area contributed by atoms with Crippen LogP contribution < -0.4 is 0 Å². The highest BCUT2D eigenvalue weighted by Crippen LogP contribution is 2.21. The van der Waals surface area contributed by atoms with Crippen LogP contribution >= 0.6 is 11.3 Å². The normalized spacial score (nSPS) is 12.7. The Bertz CT molecular complexity index is 700. The van der Waals surface area contributed by atoms with Crippen LogP contribution in [0.4, 0.5) is 0 Å². The first kappa shape index (κ1) is 12.3. The lowest BCUT2D eigenvalue weighted by molar-refractivity contribution is 0.390. The number of nitrogens with zero attached hydrogens (tertiary/aromatic N) is 2. The first-order valence-corrected chi connectivity index (χ1v) is 7.78. The number of aryl methyl sites for hydroxylation is 1. The van der Waals surface area contributed by atoms with Crippen molar-refractivity contribution in [1.29, 1.82) is 0 Å². The van der Waals surface area contributed by atoms with Crippen LogP contribution in [0.15, 0.2) is 43.0 Å². The van der Waals surface area contributed by atoms with E-state index >= 15 is 0 Å². The van der Waals surface area contributed by atoms with E-state index in [0.717, 1.165) is 5.56 Å². The van der Waals surface area contributed by atoms with E-state index in [0.29, 0.717) is 22.4 Å². The van der Waals surface area contributed by atoms with Gasteiger partial charge in [0.25, 0.3) is 0 Å². The van der Waals surface area contributed by atoms with E-state index in [9.17, 15) is 4.21 Å². The minimum atomic E-state index is -1.24. The topological polar surface area (TPSA) is 69.1 Å². The molecule has 7 heteroatoms. The molecule has 0 spiro atoms. The summed E-state index contributed by atoms with van der Waals surface area (Å²) in [5.74, 6) is 1.73. The van der Waals surface area contributed by atoms with Crippen LogP contribution in [-0.2, 0) is 16.6 Å². The van der Waals surface area contributed by atoms with Crippen LogP contribution in [0.5, 0.6) is 0 Å². The molecule has 3 aromatic heterocycles. The van der Waals surface area contributed by atoms with Crippen molar-refractivity contribution in [3.63, 3.8) is 0 Å². The predicted octanol–water partition coefficient (Wildman–Crippen LogP) is 3.01. The van der Waals surface area contributed by atoms with Crippen LogP contribution in [-0.4, -0.2) is 14.3 Å². The summed E-state index contributed by atoms with van der Waals surface area (Å²) in [4.78, 5) is 4.90. The number of thiophene rings is 1. The summed E-state index contributed by atoms with van der Waals surface area (Å²) in [6.07, 6.45) is 1.52. The Hall–Kier alpha value is -1.73. The molecular formula is C12H10N2O3S2. The van der Waals surface area contributed by atoms with Gasteiger partial charge in [0.15, 0.2) is 0 Å². The number of rotatable bonds is 4. The van der Waals surface area contributed by atoms with Crippen molar-refractivity contribution in [1.82, 2.24) is 10.1 Å². The van der Waals surface area contributed by atoms with Crippen molar-refractivity contribution >= 4 is 22.1 Å². The van der Waals surface area contributed by atoms with Crippen molar-refractivity contribution < 1.29 is 13.1 Å². The Morgan fingerprint density at radius 1 is 1.42 bits per heavy atom. The number of hydrogen-bond donors (Lipinski definition) is 0. The Kier molecular flexibility index (Phi) is 3.31. The third-order valence-electron chi connectivity index (χ3n) is 2.56. The molecule has 0 amide bonds. The third kappa shape index (κ3) is 2.52. The minimum Gasteiger partial charge on any atom is -0.468 e. The summed E-state index contributed by atoms with van der Waals surface area (Å²) >= 11 is 1.56. The molecule has 98 valence electrons. The zero-order chi connectivity index (χ0) is 13.2. The van der Waals surface area contributed by atoms with Gasteiger partial charge in [-0.2, -0.15) is 16.3 Å². The maximum Gasteiger partial charge on any atom is 0.239 e. The number of aromatic nitrogens is 2. The largest absolute Gasteiger partial charge is 0.468 e. The van der Waals surface area contributed by atoms with Crippen LogP contribution in [0, 0.1) is 6.92 Å². The van der Waals surface area contributed by atoms with Crippen molar-refractivity contribution in [3.05, 3.63) is 40.8 Å². The zero-order valence-electron chi connectivity index (χ0n) is 10.0. The predicted molar refractivity (Wildman–Crippen MR) is 71.2 cm³/mol. The Morgan fingerprint density at radius 3 is 3.00 bits per heavy atom. The van der Waals surface area contributed by atoms with Crippen LogP contribution in [0.2, 0.25) is 0 Å². The van der Waals surface area contributed by atoms with Gasteiger partial charge < -0.3 is 8.94 Å². The van der Waals surface area contributed by atoms with E-state index < -0.39 is 10.8 Å². The molecule has 5 nitrogen and oxygen atoms in total. The summed E-state index contributed by atoms with van der Waals surface area (Å²) in [5, 5.41) is 7.76. The molecule has 0 saturated carbocycles. The number of hydrogen-bond acceptors (Lipinski definition) is 6. The van der Waals surface area contributed by atoms with E-state index in [1.165, 1.54) is 6.26 Å². The molecule has 3 rings (SSSR count). The van der Waals surface area contributed by atoms with Crippen LogP contribution in [0.3, 0.4) is 0 Å². The molecular weight excluding hydrogens is 284 g/mol. The fourth-order valence-corrected chi connectivity index (χ4v) is 3.33. The van der Waals surface area contributed by atoms with Gasteiger partial charge in [-0.3, -0.25) is 4.21 Å². The molecule has 0 unspecified atom stereocenters. The van der Waals surface area contributed by atoms with Gasteiger partial charge in [-0.25, -0.2) is 0 Å². The zero-order valence-corrected chi connectivity index (χ0v) is 11.7. The Balaban J connectivity index is 1.78. The van der Waals surface area contributed by atoms with Gasteiger partial charge in [-0.05, 0) is 24.4 Å². The summed E-state index contributed by atoms with van der Waals surface area (Å²) < 4.78 is 22.4. The fraction of sp³-hybridized carbons (Fsp3) is 0.167. The summed E-state index contributed by atoms with van der Waals surface area (Å²) in [6.45, 7) is 1.78.